The van der Waals surface area contributed by atoms with Crippen molar-refractivity contribution in [3.05, 3.63) is 57.0 Å². The van der Waals surface area contributed by atoms with E-state index in [2.05, 4.69) is 41.8 Å². The normalized spacial score (nSPS) is 10.3. The van der Waals surface area contributed by atoms with Crippen molar-refractivity contribution < 1.29 is 9.59 Å². The highest BCUT2D eigenvalue weighted by Gasteiger charge is 2.13. The highest BCUT2D eigenvalue weighted by atomic mass is 79.9. The van der Waals surface area contributed by atoms with Crippen molar-refractivity contribution in [2.24, 2.45) is 0 Å². The Morgan fingerprint density at radius 1 is 0.800 bits per heavy atom. The summed E-state index contributed by atoms with van der Waals surface area (Å²) in [6.07, 6.45) is 0.243. The fourth-order valence-electron chi connectivity index (χ4n) is 1.61. The molecule has 2 aromatic heterocycles. The van der Waals surface area contributed by atoms with Gasteiger partial charge in [0.2, 0.25) is 0 Å². The lowest BCUT2D eigenvalue weighted by atomic mass is 10.1. The van der Waals surface area contributed by atoms with E-state index in [1.165, 1.54) is 0 Å². The monoisotopic (exact) mass is 396 g/mol. The molecule has 20 heavy (non-hydrogen) atoms. The molecule has 0 aliphatic heterocycles. The minimum atomic E-state index is -0.158. The lowest BCUT2D eigenvalue weighted by molar-refractivity contribution is 0.0912. The van der Waals surface area contributed by atoms with E-state index in [0.29, 0.717) is 20.6 Å². The summed E-state index contributed by atoms with van der Waals surface area (Å²) < 4.78 is 1.20. The van der Waals surface area contributed by atoms with E-state index in [1.807, 2.05) is 0 Å². The fraction of sp³-hybridized carbons (Fsp3) is 0.143. The van der Waals surface area contributed by atoms with Crippen LogP contribution in [0.2, 0.25) is 0 Å². The van der Waals surface area contributed by atoms with E-state index in [4.69, 9.17) is 0 Å². The maximum atomic E-state index is 11.9. The minimum absolute atomic E-state index is 0.122. The van der Waals surface area contributed by atoms with Crippen molar-refractivity contribution in [1.82, 2.24) is 9.97 Å². The molecule has 0 aliphatic rings. The van der Waals surface area contributed by atoms with Crippen LogP contribution in [0.25, 0.3) is 0 Å². The lowest BCUT2D eigenvalue weighted by Gasteiger charge is -2.01. The van der Waals surface area contributed by atoms with Crippen molar-refractivity contribution >= 4 is 43.4 Å². The van der Waals surface area contributed by atoms with Gasteiger partial charge in [0.05, 0.1) is 0 Å². The summed E-state index contributed by atoms with van der Waals surface area (Å²) in [6, 6.07) is 10.2. The number of hydrogen-bond acceptors (Lipinski definition) is 4. The largest absolute Gasteiger partial charge is 0.292 e. The van der Waals surface area contributed by atoms with Gasteiger partial charge in [-0.25, -0.2) is 9.97 Å². The number of carbonyl (C=O) groups excluding carboxylic acids is 2. The molecule has 0 atom stereocenters. The smallest absolute Gasteiger partial charge is 0.181 e. The first kappa shape index (κ1) is 15.0. The van der Waals surface area contributed by atoms with Crippen LogP contribution in [0.1, 0.15) is 33.8 Å². The zero-order chi connectivity index (χ0) is 14.5. The molecule has 0 fully saturated rings. The van der Waals surface area contributed by atoms with E-state index < -0.39 is 0 Å². The molecule has 0 amide bonds. The van der Waals surface area contributed by atoms with Crippen molar-refractivity contribution in [3.63, 3.8) is 0 Å². The number of carbonyl (C=O) groups is 2. The third-order valence-corrected chi connectivity index (χ3v) is 3.46. The van der Waals surface area contributed by atoms with Crippen LogP contribution in [0.3, 0.4) is 0 Å². The zero-order valence-corrected chi connectivity index (χ0v) is 13.5. The number of hydrogen-bond donors (Lipinski definition) is 0. The Kier molecular flexibility index (Phi) is 5.14. The maximum absolute atomic E-state index is 11.9. The molecule has 0 N–H and O–H groups in total. The lowest BCUT2D eigenvalue weighted by Crippen LogP contribution is -2.08. The fourth-order valence-corrected chi connectivity index (χ4v) is 2.30. The van der Waals surface area contributed by atoms with Gasteiger partial charge in [-0.2, -0.15) is 0 Å². The van der Waals surface area contributed by atoms with Gasteiger partial charge in [-0.15, -0.1) is 0 Å². The van der Waals surface area contributed by atoms with Gasteiger partial charge in [0.1, 0.15) is 20.6 Å². The second kappa shape index (κ2) is 6.85. The quantitative estimate of drug-likeness (QED) is 0.567. The molecule has 0 bridgehead atoms. The van der Waals surface area contributed by atoms with E-state index in [0.717, 1.165) is 0 Å². The molecule has 6 heteroatoms. The summed E-state index contributed by atoms with van der Waals surface area (Å²) in [5, 5.41) is 0. The SMILES string of the molecule is O=C(CCC(=O)c1cccc(Br)n1)c1cccc(Br)n1. The summed E-state index contributed by atoms with van der Waals surface area (Å²) in [6.45, 7) is 0. The Morgan fingerprint density at radius 3 is 1.55 bits per heavy atom. The molecule has 102 valence electrons. The second-order valence-corrected chi connectivity index (χ2v) is 5.66. The van der Waals surface area contributed by atoms with Crippen molar-refractivity contribution in [2.45, 2.75) is 12.8 Å². The van der Waals surface area contributed by atoms with Crippen LogP contribution < -0.4 is 0 Å². The minimum Gasteiger partial charge on any atom is -0.292 e. The predicted octanol–water partition coefficient (Wildman–Crippen LogP) is 3.85. The summed E-state index contributed by atoms with van der Waals surface area (Å²) in [5.74, 6) is -0.315. The Morgan fingerprint density at radius 2 is 1.20 bits per heavy atom. The van der Waals surface area contributed by atoms with Gasteiger partial charge >= 0.3 is 0 Å². The molecule has 0 radical (unpaired) electrons. The van der Waals surface area contributed by atoms with E-state index >= 15 is 0 Å². The molecule has 2 rings (SSSR count). The number of nitrogens with zero attached hydrogens (tertiary/aromatic N) is 2. The Balaban J connectivity index is 1.98. The number of Topliss-reactive ketones (excluding diaryl/α,β-unsaturated/α-hetero) is 2. The number of aromatic nitrogens is 2. The number of rotatable bonds is 5. The highest BCUT2D eigenvalue weighted by Crippen LogP contribution is 2.12. The van der Waals surface area contributed by atoms with Gasteiger partial charge in [-0.1, -0.05) is 12.1 Å². The molecule has 0 aromatic carbocycles. The van der Waals surface area contributed by atoms with Crippen LogP contribution in [0, 0.1) is 0 Å². The van der Waals surface area contributed by atoms with Crippen LogP contribution in [0.15, 0.2) is 45.6 Å². The van der Waals surface area contributed by atoms with Gasteiger partial charge in [0, 0.05) is 12.8 Å². The summed E-state index contributed by atoms with van der Waals surface area (Å²) in [5.41, 5.74) is 0.712. The van der Waals surface area contributed by atoms with E-state index in [-0.39, 0.29) is 24.4 Å². The average molecular weight is 398 g/mol. The van der Waals surface area contributed by atoms with Crippen LogP contribution in [-0.4, -0.2) is 21.5 Å². The summed E-state index contributed by atoms with van der Waals surface area (Å²) in [4.78, 5) is 32.0. The molecule has 0 spiro atoms. The van der Waals surface area contributed by atoms with Gasteiger partial charge in [-0.05, 0) is 56.1 Å². The Bertz CT molecular complexity index is 602. The molecule has 0 saturated carbocycles. The number of ketones is 2. The third kappa shape index (κ3) is 4.05. The first-order valence-corrected chi connectivity index (χ1v) is 7.46. The van der Waals surface area contributed by atoms with E-state index in [9.17, 15) is 9.59 Å². The number of pyridine rings is 2. The van der Waals surface area contributed by atoms with Crippen LogP contribution >= 0.6 is 31.9 Å². The van der Waals surface area contributed by atoms with E-state index in [1.54, 1.807) is 36.4 Å². The van der Waals surface area contributed by atoms with Crippen LogP contribution in [-0.2, 0) is 0 Å². The zero-order valence-electron chi connectivity index (χ0n) is 10.3. The van der Waals surface area contributed by atoms with Crippen LogP contribution in [0.5, 0.6) is 0 Å². The van der Waals surface area contributed by atoms with Crippen molar-refractivity contribution in [2.75, 3.05) is 0 Å². The Labute approximate surface area is 132 Å². The molecule has 0 saturated heterocycles. The van der Waals surface area contributed by atoms with Crippen molar-refractivity contribution in [1.29, 1.82) is 0 Å². The molecule has 0 aliphatic carbocycles. The van der Waals surface area contributed by atoms with Gasteiger partial charge in [0.25, 0.3) is 0 Å². The molecule has 2 heterocycles. The van der Waals surface area contributed by atoms with Crippen LogP contribution in [0.4, 0.5) is 0 Å². The number of halogens is 2. The third-order valence-electron chi connectivity index (χ3n) is 2.58. The molecular formula is C14H10Br2N2O2. The molecule has 4 nitrogen and oxygen atoms in total. The first-order chi connectivity index (χ1) is 9.56. The average Bonchev–Trinajstić information content (AvgIpc) is 2.44. The maximum Gasteiger partial charge on any atom is 0.181 e. The molecular weight excluding hydrogens is 388 g/mol. The Hall–Kier alpha value is -1.40. The topological polar surface area (TPSA) is 59.9 Å². The predicted molar refractivity (Wildman–Crippen MR) is 81.8 cm³/mol. The van der Waals surface area contributed by atoms with Gasteiger partial charge < -0.3 is 0 Å². The van der Waals surface area contributed by atoms with Crippen molar-refractivity contribution in [3.8, 4) is 0 Å². The van der Waals surface area contributed by atoms with Gasteiger partial charge in [0.15, 0.2) is 11.6 Å². The summed E-state index contributed by atoms with van der Waals surface area (Å²) >= 11 is 6.42. The standard InChI is InChI=1S/C14H10Br2N2O2/c15-13-5-1-3-9(17-13)11(19)7-8-12(20)10-4-2-6-14(16)18-10/h1-6H,7-8H2. The molecule has 2 aromatic rings. The first-order valence-electron chi connectivity index (χ1n) is 5.88. The van der Waals surface area contributed by atoms with Gasteiger partial charge in [-0.3, -0.25) is 9.59 Å². The molecule has 0 unspecified atom stereocenters. The highest BCUT2D eigenvalue weighted by molar-refractivity contribution is 9.10. The summed E-state index contributed by atoms with van der Waals surface area (Å²) in [7, 11) is 0. The second-order valence-electron chi connectivity index (χ2n) is 4.04.